The van der Waals surface area contributed by atoms with E-state index in [4.69, 9.17) is 9.47 Å². The lowest BCUT2D eigenvalue weighted by Gasteiger charge is -2.08. The van der Waals surface area contributed by atoms with E-state index in [-0.39, 0.29) is 5.91 Å². The van der Waals surface area contributed by atoms with Crippen LogP contribution >= 0.6 is 11.3 Å². The molecule has 0 atom stereocenters. The van der Waals surface area contributed by atoms with E-state index in [9.17, 15) is 4.79 Å². The van der Waals surface area contributed by atoms with Crippen molar-refractivity contribution in [2.45, 2.75) is 13.5 Å². The summed E-state index contributed by atoms with van der Waals surface area (Å²) in [7, 11) is 3.19. The van der Waals surface area contributed by atoms with E-state index < -0.39 is 0 Å². The summed E-state index contributed by atoms with van der Waals surface area (Å²) in [5, 5.41) is 0. The minimum Gasteiger partial charge on any atom is -0.493 e. The number of ether oxygens (including phenoxy) is 2. The first-order valence-corrected chi connectivity index (χ1v) is 9.78. The molecule has 0 aliphatic carbocycles. The molecule has 4 rings (SSSR count). The van der Waals surface area contributed by atoms with Gasteiger partial charge < -0.3 is 14.0 Å². The SMILES string of the molecule is C=CCn1c(=NC(=O)c2c(C)nc3ccccn23)sc2cc(OC)c(OC)cc21. The highest BCUT2D eigenvalue weighted by Crippen LogP contribution is 2.33. The number of hydrogen-bond donors (Lipinski definition) is 0. The maximum atomic E-state index is 13.1. The van der Waals surface area contributed by atoms with Crippen molar-refractivity contribution in [3.05, 3.63) is 65.4 Å². The normalized spacial score (nSPS) is 11.9. The van der Waals surface area contributed by atoms with Gasteiger partial charge in [-0.25, -0.2) is 4.98 Å². The Kier molecular flexibility index (Phi) is 4.94. The molecule has 1 aromatic carbocycles. The molecule has 0 spiro atoms. The van der Waals surface area contributed by atoms with Crippen LogP contribution in [0.1, 0.15) is 16.2 Å². The number of hydrogen-bond acceptors (Lipinski definition) is 5. The summed E-state index contributed by atoms with van der Waals surface area (Å²) in [6, 6.07) is 9.39. The van der Waals surface area contributed by atoms with Gasteiger partial charge in [0.25, 0.3) is 5.91 Å². The maximum absolute atomic E-state index is 13.1. The van der Waals surface area contributed by atoms with Crippen LogP contribution in [0.25, 0.3) is 15.9 Å². The van der Waals surface area contributed by atoms with E-state index in [0.717, 1.165) is 10.2 Å². The highest BCUT2D eigenvalue weighted by Gasteiger charge is 2.17. The van der Waals surface area contributed by atoms with Crippen LogP contribution in [0.2, 0.25) is 0 Å². The number of imidazole rings is 1. The molecule has 3 heterocycles. The van der Waals surface area contributed by atoms with Gasteiger partial charge in [-0.2, -0.15) is 4.99 Å². The number of fused-ring (bicyclic) bond motifs is 2. The number of benzene rings is 1. The Morgan fingerprint density at radius 3 is 2.76 bits per heavy atom. The molecule has 0 bridgehead atoms. The van der Waals surface area contributed by atoms with E-state index >= 15 is 0 Å². The maximum Gasteiger partial charge on any atom is 0.298 e. The molecule has 0 N–H and O–H groups in total. The number of amides is 1. The lowest BCUT2D eigenvalue weighted by molar-refractivity contribution is 0.0991. The van der Waals surface area contributed by atoms with Crippen molar-refractivity contribution in [3.8, 4) is 11.5 Å². The number of methoxy groups -OCH3 is 2. The van der Waals surface area contributed by atoms with Crippen LogP contribution in [-0.2, 0) is 6.54 Å². The average molecular weight is 408 g/mol. The number of pyridine rings is 1. The Morgan fingerprint density at radius 2 is 2.03 bits per heavy atom. The van der Waals surface area contributed by atoms with Gasteiger partial charge >= 0.3 is 0 Å². The molecule has 0 aliphatic rings. The number of rotatable bonds is 5. The van der Waals surface area contributed by atoms with Crippen LogP contribution in [0.5, 0.6) is 11.5 Å². The zero-order valence-electron chi connectivity index (χ0n) is 16.4. The number of aromatic nitrogens is 3. The fourth-order valence-electron chi connectivity index (χ4n) is 3.30. The molecule has 1 amide bonds. The van der Waals surface area contributed by atoms with Gasteiger partial charge in [-0.1, -0.05) is 23.5 Å². The van der Waals surface area contributed by atoms with E-state index in [1.165, 1.54) is 11.3 Å². The Balaban J connectivity index is 1.93. The van der Waals surface area contributed by atoms with E-state index in [2.05, 4.69) is 16.6 Å². The zero-order valence-corrected chi connectivity index (χ0v) is 17.2. The summed E-state index contributed by atoms with van der Waals surface area (Å²) in [5.41, 5.74) is 2.71. The van der Waals surface area contributed by atoms with Gasteiger partial charge in [-0.3, -0.25) is 9.20 Å². The number of allylic oxidation sites excluding steroid dienone is 1. The average Bonchev–Trinajstić information content (AvgIpc) is 3.23. The smallest absolute Gasteiger partial charge is 0.298 e. The summed E-state index contributed by atoms with van der Waals surface area (Å²) in [6.45, 7) is 6.15. The quantitative estimate of drug-likeness (QED) is 0.473. The molecule has 4 aromatic rings. The molecule has 148 valence electrons. The molecule has 3 aromatic heterocycles. The number of carbonyl (C=O) groups excluding carboxylic acids is 1. The Hall–Kier alpha value is -3.39. The minimum absolute atomic E-state index is 0.343. The molecule has 7 nitrogen and oxygen atoms in total. The third-order valence-electron chi connectivity index (χ3n) is 4.60. The monoisotopic (exact) mass is 408 g/mol. The summed E-state index contributed by atoms with van der Waals surface area (Å²) >= 11 is 1.41. The topological polar surface area (TPSA) is 70.1 Å². The molecule has 0 saturated carbocycles. The van der Waals surface area contributed by atoms with Gasteiger partial charge in [0.15, 0.2) is 16.3 Å². The van der Waals surface area contributed by atoms with E-state index in [0.29, 0.717) is 39.9 Å². The molecule has 0 saturated heterocycles. The van der Waals surface area contributed by atoms with Crippen molar-refractivity contribution < 1.29 is 14.3 Å². The van der Waals surface area contributed by atoms with Crippen molar-refractivity contribution in [2.24, 2.45) is 4.99 Å². The van der Waals surface area contributed by atoms with Crippen molar-refractivity contribution in [3.63, 3.8) is 0 Å². The van der Waals surface area contributed by atoms with Crippen LogP contribution in [-0.4, -0.2) is 34.1 Å². The molecule has 0 fully saturated rings. The van der Waals surface area contributed by atoms with Crippen molar-refractivity contribution in [1.82, 2.24) is 14.0 Å². The first-order chi connectivity index (χ1) is 14.1. The van der Waals surface area contributed by atoms with Gasteiger partial charge in [0.2, 0.25) is 0 Å². The Labute approximate surface area is 171 Å². The largest absolute Gasteiger partial charge is 0.493 e. The zero-order chi connectivity index (χ0) is 20.5. The van der Waals surface area contributed by atoms with Crippen LogP contribution in [0.3, 0.4) is 0 Å². The van der Waals surface area contributed by atoms with Crippen molar-refractivity contribution in [1.29, 1.82) is 0 Å². The van der Waals surface area contributed by atoms with Gasteiger partial charge in [-0.15, -0.1) is 6.58 Å². The number of nitrogens with zero attached hydrogens (tertiary/aromatic N) is 4. The lowest BCUT2D eigenvalue weighted by atomic mass is 10.3. The standard InChI is InChI=1S/C21H20N4O3S/c1-5-9-24-14-11-15(27-3)16(28-4)12-17(14)29-21(24)23-20(26)19-13(2)22-18-8-6-7-10-25(18)19/h5-8,10-12H,1,9H2,2-4H3. The van der Waals surface area contributed by atoms with Gasteiger partial charge in [0, 0.05) is 24.9 Å². The van der Waals surface area contributed by atoms with Crippen LogP contribution in [0, 0.1) is 6.92 Å². The number of aryl methyl sites for hydroxylation is 1. The van der Waals surface area contributed by atoms with Crippen LogP contribution in [0.15, 0.2) is 54.2 Å². The predicted octanol–water partition coefficient (Wildman–Crippen LogP) is 3.60. The van der Waals surface area contributed by atoms with Crippen molar-refractivity contribution in [2.75, 3.05) is 14.2 Å². The summed E-state index contributed by atoms with van der Waals surface area (Å²) in [5.74, 6) is 0.901. The van der Waals surface area contributed by atoms with Crippen molar-refractivity contribution >= 4 is 33.1 Å². The third-order valence-corrected chi connectivity index (χ3v) is 5.64. The highest BCUT2D eigenvalue weighted by molar-refractivity contribution is 7.16. The first kappa shape index (κ1) is 18.9. The van der Waals surface area contributed by atoms with E-state index in [1.54, 1.807) is 24.7 Å². The van der Waals surface area contributed by atoms with E-state index in [1.807, 2.05) is 48.0 Å². The first-order valence-electron chi connectivity index (χ1n) is 8.96. The van der Waals surface area contributed by atoms with Gasteiger partial charge in [0.05, 0.1) is 30.1 Å². The second-order valence-corrected chi connectivity index (χ2v) is 7.36. The second kappa shape index (κ2) is 7.56. The fourth-order valence-corrected chi connectivity index (χ4v) is 4.35. The molecule has 0 radical (unpaired) electrons. The van der Waals surface area contributed by atoms with Crippen LogP contribution in [0.4, 0.5) is 0 Å². The Morgan fingerprint density at radius 1 is 1.28 bits per heavy atom. The van der Waals surface area contributed by atoms with Gasteiger partial charge in [-0.05, 0) is 19.1 Å². The van der Waals surface area contributed by atoms with Gasteiger partial charge in [0.1, 0.15) is 11.3 Å². The molecule has 29 heavy (non-hydrogen) atoms. The number of thiazole rings is 1. The summed E-state index contributed by atoms with van der Waals surface area (Å²) in [4.78, 5) is 22.5. The molecular weight excluding hydrogens is 388 g/mol. The number of carbonyl (C=O) groups is 1. The Bertz CT molecular complexity index is 1310. The third kappa shape index (κ3) is 3.21. The molecule has 8 heteroatoms. The van der Waals surface area contributed by atoms with Crippen LogP contribution < -0.4 is 14.3 Å². The summed E-state index contributed by atoms with van der Waals surface area (Å²) < 4.78 is 15.5. The fraction of sp³-hybridized carbons (Fsp3) is 0.190. The molecular formula is C21H20N4O3S. The lowest BCUT2D eigenvalue weighted by Crippen LogP contribution is -2.17. The molecule has 0 unspecified atom stereocenters. The predicted molar refractivity (Wildman–Crippen MR) is 113 cm³/mol. The molecule has 0 aliphatic heterocycles. The minimum atomic E-state index is -0.343. The summed E-state index contributed by atoms with van der Waals surface area (Å²) in [6.07, 6.45) is 3.59. The highest BCUT2D eigenvalue weighted by atomic mass is 32.1. The second-order valence-electron chi connectivity index (χ2n) is 6.35.